The van der Waals surface area contributed by atoms with Crippen LogP contribution in [0.15, 0.2) is 109 Å². The molecule has 0 fully saturated rings. The first-order valence-corrected chi connectivity index (χ1v) is 15.9. The van der Waals surface area contributed by atoms with E-state index in [1.54, 1.807) is 31.7 Å². The van der Waals surface area contributed by atoms with Crippen LogP contribution in [0.4, 0.5) is 4.39 Å². The van der Waals surface area contributed by atoms with Crippen LogP contribution in [0.3, 0.4) is 0 Å². The van der Waals surface area contributed by atoms with E-state index in [0.717, 1.165) is 23.4 Å². The number of nitrogens with zero attached hydrogens (tertiary/aromatic N) is 2. The van der Waals surface area contributed by atoms with E-state index in [4.69, 9.17) is 9.47 Å². The van der Waals surface area contributed by atoms with Crippen molar-refractivity contribution in [1.82, 2.24) is 15.2 Å². The number of hydrogen-bond acceptors (Lipinski definition) is 6. The molecule has 0 saturated heterocycles. The van der Waals surface area contributed by atoms with Crippen molar-refractivity contribution in [2.75, 3.05) is 27.3 Å². The molecular formula is C37H38FN3O3S. The first-order valence-electron chi connectivity index (χ1n) is 15.0. The van der Waals surface area contributed by atoms with Crippen molar-refractivity contribution in [2.24, 2.45) is 0 Å². The smallest absolute Gasteiger partial charge is 0.270 e. The number of rotatable bonds is 15. The molecule has 1 aromatic heterocycles. The van der Waals surface area contributed by atoms with Gasteiger partial charge in [-0.25, -0.2) is 9.37 Å². The summed E-state index contributed by atoms with van der Waals surface area (Å²) in [5.74, 6) is 1.09. The van der Waals surface area contributed by atoms with Crippen molar-refractivity contribution in [1.29, 1.82) is 0 Å². The lowest BCUT2D eigenvalue weighted by Gasteiger charge is -2.22. The molecule has 6 nitrogen and oxygen atoms in total. The van der Waals surface area contributed by atoms with Gasteiger partial charge in [-0.05, 0) is 47.7 Å². The molecule has 1 amide bonds. The predicted molar refractivity (Wildman–Crippen MR) is 178 cm³/mol. The van der Waals surface area contributed by atoms with Gasteiger partial charge in [0, 0.05) is 36.5 Å². The average Bonchev–Trinajstić information content (AvgIpc) is 3.56. The van der Waals surface area contributed by atoms with Gasteiger partial charge in [-0.15, -0.1) is 11.3 Å². The van der Waals surface area contributed by atoms with E-state index in [1.165, 1.54) is 28.5 Å². The zero-order valence-electron chi connectivity index (χ0n) is 25.6. The van der Waals surface area contributed by atoms with Gasteiger partial charge >= 0.3 is 0 Å². The Morgan fingerprint density at radius 3 is 2.20 bits per heavy atom. The van der Waals surface area contributed by atoms with E-state index >= 15 is 0 Å². The van der Waals surface area contributed by atoms with E-state index in [1.807, 2.05) is 60.7 Å². The summed E-state index contributed by atoms with van der Waals surface area (Å²) in [6.45, 7) is 2.08. The Morgan fingerprint density at radius 1 is 0.867 bits per heavy atom. The van der Waals surface area contributed by atoms with E-state index < -0.39 is 0 Å². The minimum Gasteiger partial charge on any atom is -0.493 e. The Kier molecular flexibility index (Phi) is 11.3. The Balaban J connectivity index is 1.23. The number of hydrogen-bond donors (Lipinski definition) is 1. The normalized spacial score (nSPS) is 11.1. The number of methoxy groups -OCH3 is 2. The van der Waals surface area contributed by atoms with Crippen molar-refractivity contribution in [3.05, 3.63) is 147 Å². The fourth-order valence-corrected chi connectivity index (χ4v) is 6.22. The van der Waals surface area contributed by atoms with Crippen LogP contribution in [-0.2, 0) is 19.5 Å². The van der Waals surface area contributed by atoms with Crippen molar-refractivity contribution in [3.63, 3.8) is 0 Å². The second-order valence-corrected chi connectivity index (χ2v) is 11.7. The van der Waals surface area contributed by atoms with Crippen LogP contribution >= 0.6 is 11.3 Å². The summed E-state index contributed by atoms with van der Waals surface area (Å²) in [5.41, 5.74) is 4.53. The third-order valence-corrected chi connectivity index (χ3v) is 8.62. The number of aromatic nitrogens is 1. The number of ether oxygens (including phenoxy) is 2. The summed E-state index contributed by atoms with van der Waals surface area (Å²) < 4.78 is 25.4. The molecule has 0 aliphatic heterocycles. The van der Waals surface area contributed by atoms with Crippen LogP contribution in [-0.4, -0.2) is 43.1 Å². The minimum atomic E-state index is -0.239. The summed E-state index contributed by atoms with van der Waals surface area (Å²) in [5, 5.41) is 5.67. The number of amides is 1. The molecule has 0 unspecified atom stereocenters. The lowest BCUT2D eigenvalue weighted by molar-refractivity contribution is 0.0948. The third-order valence-electron chi connectivity index (χ3n) is 7.78. The van der Waals surface area contributed by atoms with Gasteiger partial charge in [-0.2, -0.15) is 0 Å². The molecule has 8 heteroatoms. The fourth-order valence-electron chi connectivity index (χ4n) is 5.40. The Bertz CT molecular complexity index is 1620. The highest BCUT2D eigenvalue weighted by atomic mass is 32.1. The summed E-state index contributed by atoms with van der Waals surface area (Å²) in [4.78, 5) is 19.9. The highest BCUT2D eigenvalue weighted by Gasteiger charge is 2.18. The van der Waals surface area contributed by atoms with Gasteiger partial charge in [-0.3, -0.25) is 9.69 Å². The SMILES string of the molecule is COc1ccc(CCN(Cc2nc(C(=O)NCCC(c3ccccc3)c3ccccc3)cs2)Cc2ccccc2F)cc1OC. The maximum atomic E-state index is 14.6. The first-order chi connectivity index (χ1) is 22.0. The van der Waals surface area contributed by atoms with Crippen molar-refractivity contribution < 1.29 is 18.7 Å². The van der Waals surface area contributed by atoms with E-state index in [0.29, 0.717) is 48.9 Å². The van der Waals surface area contributed by atoms with Gasteiger partial charge in [0.1, 0.15) is 16.5 Å². The molecular weight excluding hydrogens is 585 g/mol. The maximum Gasteiger partial charge on any atom is 0.270 e. The van der Waals surface area contributed by atoms with Crippen LogP contribution in [0.5, 0.6) is 11.5 Å². The monoisotopic (exact) mass is 623 g/mol. The summed E-state index contributed by atoms with van der Waals surface area (Å²) in [6.07, 6.45) is 1.49. The molecule has 45 heavy (non-hydrogen) atoms. The molecule has 0 spiro atoms. The van der Waals surface area contributed by atoms with Gasteiger partial charge in [0.2, 0.25) is 0 Å². The Hall–Kier alpha value is -4.53. The van der Waals surface area contributed by atoms with Gasteiger partial charge in [0.05, 0.1) is 20.8 Å². The number of carbonyl (C=O) groups excluding carboxylic acids is 1. The van der Waals surface area contributed by atoms with Crippen LogP contribution in [0.2, 0.25) is 0 Å². The molecule has 4 aromatic carbocycles. The standard InChI is InChI=1S/C37H38FN3O3S/c1-43-34-18-17-27(23-35(34)44-2)20-22-41(24-30-15-9-10-16-32(30)38)25-36-40-33(26-45-36)37(42)39-21-19-31(28-11-5-3-6-12-28)29-13-7-4-8-14-29/h3-18,23,26,31H,19-22,24-25H2,1-2H3,(H,39,42). The lowest BCUT2D eigenvalue weighted by Crippen LogP contribution is -2.27. The quantitative estimate of drug-likeness (QED) is 0.131. The van der Waals surface area contributed by atoms with E-state index in [9.17, 15) is 9.18 Å². The van der Waals surface area contributed by atoms with Crippen LogP contribution < -0.4 is 14.8 Å². The van der Waals surface area contributed by atoms with Crippen molar-refractivity contribution >= 4 is 17.2 Å². The van der Waals surface area contributed by atoms with E-state index in [-0.39, 0.29) is 17.6 Å². The van der Waals surface area contributed by atoms with Gasteiger partial charge < -0.3 is 14.8 Å². The molecule has 1 heterocycles. The zero-order chi connectivity index (χ0) is 31.4. The second-order valence-electron chi connectivity index (χ2n) is 10.8. The maximum absolute atomic E-state index is 14.6. The highest BCUT2D eigenvalue weighted by molar-refractivity contribution is 7.09. The number of halogens is 1. The molecule has 0 atom stereocenters. The molecule has 5 aromatic rings. The molecule has 1 N–H and O–H groups in total. The molecule has 0 aliphatic carbocycles. The molecule has 0 aliphatic rings. The number of nitrogens with one attached hydrogen (secondary N) is 1. The number of benzene rings is 4. The second kappa shape index (κ2) is 16.0. The minimum absolute atomic E-state index is 0.177. The van der Waals surface area contributed by atoms with E-state index in [2.05, 4.69) is 39.5 Å². The molecule has 0 radical (unpaired) electrons. The molecule has 0 saturated carbocycles. The largest absolute Gasteiger partial charge is 0.493 e. The Morgan fingerprint density at radius 2 is 1.53 bits per heavy atom. The molecule has 232 valence electrons. The average molecular weight is 624 g/mol. The predicted octanol–water partition coefficient (Wildman–Crippen LogP) is 7.50. The summed E-state index contributed by atoms with van der Waals surface area (Å²) >= 11 is 1.44. The van der Waals surface area contributed by atoms with Gasteiger partial charge in [-0.1, -0.05) is 84.9 Å². The van der Waals surface area contributed by atoms with Crippen LogP contribution in [0, 0.1) is 5.82 Å². The molecule has 5 rings (SSSR count). The third kappa shape index (κ3) is 8.77. The first kappa shape index (κ1) is 31.9. The summed E-state index contributed by atoms with van der Waals surface area (Å²) in [7, 11) is 3.23. The Labute approximate surface area is 268 Å². The fraction of sp³-hybridized carbons (Fsp3) is 0.243. The lowest BCUT2D eigenvalue weighted by atomic mass is 9.88. The van der Waals surface area contributed by atoms with Gasteiger partial charge in [0.15, 0.2) is 11.5 Å². The van der Waals surface area contributed by atoms with Gasteiger partial charge in [0.25, 0.3) is 5.91 Å². The summed E-state index contributed by atoms with van der Waals surface area (Å²) in [6, 6.07) is 33.4. The number of thiazole rings is 1. The van der Waals surface area contributed by atoms with Crippen molar-refractivity contribution in [2.45, 2.75) is 31.8 Å². The number of carbonyl (C=O) groups is 1. The topological polar surface area (TPSA) is 63.7 Å². The van der Waals surface area contributed by atoms with Crippen LogP contribution in [0.25, 0.3) is 0 Å². The van der Waals surface area contributed by atoms with Crippen LogP contribution in [0.1, 0.15) is 50.1 Å². The highest BCUT2D eigenvalue weighted by Crippen LogP contribution is 2.29. The zero-order valence-corrected chi connectivity index (χ0v) is 26.4. The van der Waals surface area contributed by atoms with Crippen molar-refractivity contribution in [3.8, 4) is 11.5 Å². The molecule has 0 bridgehead atoms.